The van der Waals surface area contributed by atoms with Gasteiger partial charge in [0.05, 0.1) is 23.8 Å². The predicted molar refractivity (Wildman–Crippen MR) is 158 cm³/mol. The van der Waals surface area contributed by atoms with Crippen molar-refractivity contribution in [3.63, 3.8) is 0 Å². The Morgan fingerprint density at radius 1 is 1.10 bits per heavy atom. The minimum atomic E-state index is -0.663. The molecule has 3 aromatic carbocycles. The monoisotopic (exact) mass is 554 g/mol. The van der Waals surface area contributed by atoms with Crippen molar-refractivity contribution in [2.75, 3.05) is 21.2 Å². The van der Waals surface area contributed by atoms with Crippen molar-refractivity contribution in [1.29, 1.82) is 5.41 Å². The van der Waals surface area contributed by atoms with E-state index in [1.165, 1.54) is 19.2 Å². The zero-order chi connectivity index (χ0) is 29.3. The van der Waals surface area contributed by atoms with E-state index in [9.17, 15) is 14.0 Å². The number of aryl methyl sites for hydroxylation is 1. The van der Waals surface area contributed by atoms with Crippen molar-refractivity contribution in [3.8, 4) is 28.2 Å². The van der Waals surface area contributed by atoms with Crippen LogP contribution in [0.15, 0.2) is 64.0 Å². The van der Waals surface area contributed by atoms with Gasteiger partial charge >= 0.3 is 0 Å². The van der Waals surface area contributed by atoms with Gasteiger partial charge in [0.2, 0.25) is 0 Å². The van der Waals surface area contributed by atoms with Crippen LogP contribution in [-0.2, 0) is 0 Å². The number of ether oxygens (including phenoxy) is 1. The summed E-state index contributed by atoms with van der Waals surface area (Å²) in [4.78, 5) is 30.5. The number of hydrogen-bond acceptors (Lipinski definition) is 6. The van der Waals surface area contributed by atoms with Gasteiger partial charge in [0, 0.05) is 43.4 Å². The maximum atomic E-state index is 13.6. The Balaban J connectivity index is 1.57. The number of aliphatic imine (C=N–C) groups is 1. The number of nitrogens with zero attached hydrogens (tertiary/aromatic N) is 1. The number of carbonyl (C=O) groups excluding carboxylic acids is 2. The number of benzene rings is 3. The van der Waals surface area contributed by atoms with Crippen molar-refractivity contribution in [2.45, 2.75) is 31.7 Å². The Morgan fingerprint density at radius 3 is 2.44 bits per heavy atom. The van der Waals surface area contributed by atoms with Crippen molar-refractivity contribution in [3.05, 3.63) is 77.1 Å². The summed E-state index contributed by atoms with van der Waals surface area (Å²) in [5, 5.41) is 14.8. The SMILES string of the molecule is CN=CCC(=N)C1(NC(=O)c2cc(-c3ccc4oc(-c5ccc(F)cc5)c(C(=O)NC)c4c3)c(C)cc2OC)CC1. The molecule has 41 heavy (non-hydrogen) atoms. The van der Waals surface area contributed by atoms with Crippen LogP contribution in [0.3, 0.4) is 0 Å². The lowest BCUT2D eigenvalue weighted by molar-refractivity contribution is 0.0937. The normalized spacial score (nSPS) is 13.8. The highest BCUT2D eigenvalue weighted by atomic mass is 19.1. The molecule has 1 fully saturated rings. The Bertz CT molecular complexity index is 1700. The van der Waals surface area contributed by atoms with Crippen LogP contribution >= 0.6 is 0 Å². The molecule has 0 saturated heterocycles. The third-order valence-corrected chi connectivity index (χ3v) is 7.51. The number of halogens is 1. The van der Waals surface area contributed by atoms with Crippen LogP contribution < -0.4 is 15.4 Å². The average Bonchev–Trinajstić information content (AvgIpc) is 3.66. The Morgan fingerprint density at radius 2 is 1.80 bits per heavy atom. The highest BCUT2D eigenvalue weighted by Crippen LogP contribution is 2.40. The van der Waals surface area contributed by atoms with Crippen molar-refractivity contribution in [2.24, 2.45) is 4.99 Å². The number of amides is 2. The molecule has 0 spiro atoms. The van der Waals surface area contributed by atoms with Crippen molar-refractivity contribution < 1.29 is 23.1 Å². The van der Waals surface area contributed by atoms with Crippen LogP contribution in [0, 0.1) is 18.2 Å². The van der Waals surface area contributed by atoms with E-state index in [1.54, 1.807) is 44.6 Å². The van der Waals surface area contributed by atoms with Crippen LogP contribution in [0.4, 0.5) is 4.39 Å². The fraction of sp³-hybridized carbons (Fsp3) is 0.250. The molecule has 1 heterocycles. The Labute approximate surface area is 237 Å². The fourth-order valence-corrected chi connectivity index (χ4v) is 5.05. The van der Waals surface area contributed by atoms with E-state index in [2.05, 4.69) is 15.6 Å². The molecule has 4 aromatic rings. The molecule has 0 unspecified atom stereocenters. The lowest BCUT2D eigenvalue weighted by atomic mass is 9.94. The van der Waals surface area contributed by atoms with Gasteiger partial charge in [0.15, 0.2) is 0 Å². The largest absolute Gasteiger partial charge is 0.496 e. The number of furan rings is 1. The molecule has 0 atom stereocenters. The van der Waals surface area contributed by atoms with Gasteiger partial charge < -0.3 is 30.2 Å². The van der Waals surface area contributed by atoms with Crippen LogP contribution in [0.25, 0.3) is 33.4 Å². The molecule has 5 rings (SSSR count). The quantitative estimate of drug-likeness (QED) is 0.222. The highest BCUT2D eigenvalue weighted by molar-refractivity contribution is 6.12. The van der Waals surface area contributed by atoms with E-state index in [0.29, 0.717) is 64.1 Å². The molecule has 0 radical (unpaired) electrons. The lowest BCUT2D eigenvalue weighted by Gasteiger charge is -2.20. The van der Waals surface area contributed by atoms with Gasteiger partial charge in [-0.25, -0.2) is 4.39 Å². The fourth-order valence-electron chi connectivity index (χ4n) is 5.05. The van der Waals surface area contributed by atoms with Gasteiger partial charge in [0.25, 0.3) is 11.8 Å². The average molecular weight is 555 g/mol. The summed E-state index contributed by atoms with van der Waals surface area (Å²) in [5.41, 5.74) is 3.95. The van der Waals surface area contributed by atoms with Crippen molar-refractivity contribution in [1.82, 2.24) is 10.6 Å². The van der Waals surface area contributed by atoms with Crippen LogP contribution in [0.2, 0.25) is 0 Å². The van der Waals surface area contributed by atoms with E-state index in [4.69, 9.17) is 14.6 Å². The third-order valence-electron chi connectivity index (χ3n) is 7.51. The molecule has 2 amide bonds. The third kappa shape index (κ3) is 5.23. The standard InChI is InChI=1S/C32H31FN4O4/c1-18-15-26(40-4)24(30(38)37-32(12-13-32)27(34)11-14-35-2)17-22(18)20-7-10-25-23(16-20)28(31(39)36-3)29(41-25)19-5-8-21(33)9-6-19/h5-10,14-17,34H,11-13H2,1-4H3,(H,36,39)(H,37,38). The molecule has 0 aliphatic heterocycles. The lowest BCUT2D eigenvalue weighted by Crippen LogP contribution is -2.43. The molecule has 1 saturated carbocycles. The summed E-state index contributed by atoms with van der Waals surface area (Å²) in [6.45, 7) is 1.92. The number of methoxy groups -OCH3 is 1. The smallest absolute Gasteiger partial charge is 0.255 e. The first-order valence-electron chi connectivity index (χ1n) is 13.3. The second-order valence-corrected chi connectivity index (χ2v) is 10.1. The second kappa shape index (κ2) is 11.0. The molecule has 1 aliphatic rings. The molecule has 1 aromatic heterocycles. The van der Waals surface area contributed by atoms with Crippen molar-refractivity contribution >= 4 is 34.7 Å². The first kappa shape index (κ1) is 27.8. The summed E-state index contributed by atoms with van der Waals surface area (Å²) in [6.07, 6.45) is 3.45. The van der Waals surface area contributed by atoms with E-state index < -0.39 is 5.54 Å². The molecule has 9 heteroatoms. The van der Waals surface area contributed by atoms with Gasteiger partial charge in [-0.3, -0.25) is 9.59 Å². The zero-order valence-corrected chi connectivity index (χ0v) is 23.4. The maximum Gasteiger partial charge on any atom is 0.255 e. The van der Waals surface area contributed by atoms with Gasteiger partial charge in [-0.1, -0.05) is 6.07 Å². The van der Waals surface area contributed by atoms with Crippen LogP contribution in [0.1, 0.15) is 45.5 Å². The first-order chi connectivity index (χ1) is 19.7. The van der Waals surface area contributed by atoms with Crippen LogP contribution in [-0.4, -0.2) is 50.5 Å². The van der Waals surface area contributed by atoms with Gasteiger partial charge in [-0.2, -0.15) is 0 Å². The number of rotatable bonds is 9. The van der Waals surface area contributed by atoms with Gasteiger partial charge in [-0.15, -0.1) is 0 Å². The molecule has 1 aliphatic carbocycles. The highest BCUT2D eigenvalue weighted by Gasteiger charge is 2.47. The molecule has 3 N–H and O–H groups in total. The van der Waals surface area contributed by atoms with E-state index in [1.807, 2.05) is 25.1 Å². The topological polar surface area (TPSA) is 117 Å². The molecule has 0 bridgehead atoms. The maximum absolute atomic E-state index is 13.6. The molecular formula is C32H31FN4O4. The minimum Gasteiger partial charge on any atom is -0.496 e. The predicted octanol–water partition coefficient (Wildman–Crippen LogP) is 5.96. The Kier molecular flexibility index (Phi) is 7.45. The second-order valence-electron chi connectivity index (χ2n) is 10.1. The number of carbonyl (C=O) groups is 2. The zero-order valence-electron chi connectivity index (χ0n) is 23.4. The molecule has 210 valence electrons. The summed E-state index contributed by atoms with van der Waals surface area (Å²) >= 11 is 0. The molecule has 8 nitrogen and oxygen atoms in total. The van der Waals surface area contributed by atoms with E-state index in [0.717, 1.165) is 16.7 Å². The summed E-state index contributed by atoms with van der Waals surface area (Å²) in [7, 11) is 4.72. The summed E-state index contributed by atoms with van der Waals surface area (Å²) in [5.74, 6) is -0.281. The molecular weight excluding hydrogens is 523 g/mol. The van der Waals surface area contributed by atoms with Crippen LogP contribution in [0.5, 0.6) is 5.75 Å². The number of fused-ring (bicyclic) bond motifs is 1. The summed E-state index contributed by atoms with van der Waals surface area (Å²) in [6, 6.07) is 14.9. The summed E-state index contributed by atoms with van der Waals surface area (Å²) < 4.78 is 25.2. The number of nitrogens with one attached hydrogen (secondary N) is 3. The van der Waals surface area contributed by atoms with E-state index >= 15 is 0 Å². The Hall–Kier alpha value is -4.79. The van der Waals surface area contributed by atoms with Gasteiger partial charge in [-0.05, 0) is 85.0 Å². The number of hydrogen-bond donors (Lipinski definition) is 3. The first-order valence-corrected chi connectivity index (χ1v) is 13.3. The minimum absolute atomic E-state index is 0.326. The van der Waals surface area contributed by atoms with E-state index in [-0.39, 0.29) is 17.6 Å². The van der Waals surface area contributed by atoms with Gasteiger partial charge in [0.1, 0.15) is 22.9 Å².